The molecular formula is C8H15N3O. The third-order valence-electron chi connectivity index (χ3n) is 1.70. The van der Waals surface area contributed by atoms with Crippen molar-refractivity contribution in [3.05, 3.63) is 12.2 Å². The van der Waals surface area contributed by atoms with Crippen LogP contribution in [0, 0.1) is 0 Å². The molecule has 0 radical (unpaired) electrons. The van der Waals surface area contributed by atoms with Gasteiger partial charge in [-0.15, -0.1) is 10.2 Å². The Balaban J connectivity index is 2.20. The van der Waals surface area contributed by atoms with Crippen molar-refractivity contribution in [1.29, 1.82) is 0 Å². The Morgan fingerprint density at radius 3 is 3.00 bits per heavy atom. The van der Waals surface area contributed by atoms with Crippen LogP contribution in [0.3, 0.4) is 0 Å². The van der Waals surface area contributed by atoms with E-state index in [2.05, 4.69) is 10.2 Å². The van der Waals surface area contributed by atoms with Gasteiger partial charge in [0.15, 0.2) is 0 Å². The van der Waals surface area contributed by atoms with Crippen LogP contribution in [0.4, 0.5) is 0 Å². The van der Waals surface area contributed by atoms with Gasteiger partial charge in [-0.3, -0.25) is 0 Å². The molecule has 0 unspecified atom stereocenters. The fourth-order valence-corrected chi connectivity index (χ4v) is 1.01. The lowest BCUT2D eigenvalue weighted by molar-refractivity contribution is 0.144. The van der Waals surface area contributed by atoms with Gasteiger partial charge in [-0.2, -0.15) is 0 Å². The Morgan fingerprint density at radius 1 is 1.58 bits per heavy atom. The van der Waals surface area contributed by atoms with Gasteiger partial charge in [-0.05, 0) is 13.3 Å². The maximum atomic E-state index is 5.21. The van der Waals surface area contributed by atoms with Gasteiger partial charge >= 0.3 is 0 Å². The van der Waals surface area contributed by atoms with E-state index in [1.54, 1.807) is 6.33 Å². The Hall–Kier alpha value is -0.900. The first kappa shape index (κ1) is 9.19. The zero-order valence-corrected chi connectivity index (χ0v) is 7.66. The van der Waals surface area contributed by atoms with Gasteiger partial charge in [0, 0.05) is 26.7 Å². The van der Waals surface area contributed by atoms with Crippen molar-refractivity contribution < 1.29 is 4.74 Å². The van der Waals surface area contributed by atoms with Crippen molar-refractivity contribution in [2.75, 3.05) is 13.2 Å². The third-order valence-corrected chi connectivity index (χ3v) is 1.70. The molecule has 0 spiro atoms. The van der Waals surface area contributed by atoms with Crippen LogP contribution in [0.2, 0.25) is 0 Å². The van der Waals surface area contributed by atoms with E-state index >= 15 is 0 Å². The van der Waals surface area contributed by atoms with Crippen LogP contribution in [-0.2, 0) is 18.2 Å². The Kier molecular flexibility index (Phi) is 3.73. The molecule has 0 saturated carbocycles. The minimum atomic E-state index is 0.790. The normalized spacial score (nSPS) is 10.5. The van der Waals surface area contributed by atoms with Gasteiger partial charge in [0.1, 0.15) is 12.2 Å². The van der Waals surface area contributed by atoms with E-state index in [9.17, 15) is 0 Å². The first-order valence-electron chi connectivity index (χ1n) is 4.25. The Bertz CT molecular complexity index is 222. The predicted molar refractivity (Wildman–Crippen MR) is 45.8 cm³/mol. The maximum Gasteiger partial charge on any atom is 0.132 e. The second kappa shape index (κ2) is 4.87. The number of hydrogen-bond acceptors (Lipinski definition) is 3. The molecular weight excluding hydrogens is 154 g/mol. The van der Waals surface area contributed by atoms with E-state index in [1.807, 2.05) is 18.5 Å². The van der Waals surface area contributed by atoms with E-state index in [0.717, 1.165) is 31.9 Å². The smallest absolute Gasteiger partial charge is 0.132 e. The summed E-state index contributed by atoms with van der Waals surface area (Å²) >= 11 is 0. The van der Waals surface area contributed by atoms with Crippen LogP contribution in [0.25, 0.3) is 0 Å². The van der Waals surface area contributed by atoms with Crippen LogP contribution in [0.5, 0.6) is 0 Å². The molecule has 0 fully saturated rings. The summed E-state index contributed by atoms with van der Waals surface area (Å²) in [6.07, 6.45) is 3.67. The predicted octanol–water partition coefficient (Wildman–Crippen LogP) is 0.784. The molecule has 0 atom stereocenters. The van der Waals surface area contributed by atoms with E-state index in [-0.39, 0.29) is 0 Å². The Morgan fingerprint density at radius 2 is 2.42 bits per heavy atom. The van der Waals surface area contributed by atoms with Crippen LogP contribution in [0.15, 0.2) is 6.33 Å². The van der Waals surface area contributed by atoms with Gasteiger partial charge in [-0.25, -0.2) is 0 Å². The number of aromatic nitrogens is 3. The molecule has 4 heteroatoms. The summed E-state index contributed by atoms with van der Waals surface area (Å²) in [6, 6.07) is 0. The first-order valence-corrected chi connectivity index (χ1v) is 4.25. The first-order chi connectivity index (χ1) is 5.84. The highest BCUT2D eigenvalue weighted by molar-refractivity contribution is 4.83. The number of aryl methyl sites for hydroxylation is 2. The monoisotopic (exact) mass is 169 g/mol. The molecule has 0 saturated heterocycles. The van der Waals surface area contributed by atoms with Gasteiger partial charge < -0.3 is 9.30 Å². The van der Waals surface area contributed by atoms with Gasteiger partial charge in [0.05, 0.1) is 0 Å². The second-order valence-electron chi connectivity index (χ2n) is 2.66. The highest BCUT2D eigenvalue weighted by atomic mass is 16.5. The summed E-state index contributed by atoms with van der Waals surface area (Å²) in [4.78, 5) is 0. The Labute approximate surface area is 72.6 Å². The van der Waals surface area contributed by atoms with Crippen LogP contribution < -0.4 is 0 Å². The summed E-state index contributed by atoms with van der Waals surface area (Å²) in [7, 11) is 1.95. The van der Waals surface area contributed by atoms with Crippen molar-refractivity contribution in [2.45, 2.75) is 19.8 Å². The number of ether oxygens (including phenoxy) is 1. The fourth-order valence-electron chi connectivity index (χ4n) is 1.01. The summed E-state index contributed by atoms with van der Waals surface area (Å²) in [6.45, 7) is 3.60. The van der Waals surface area contributed by atoms with Crippen molar-refractivity contribution in [1.82, 2.24) is 14.8 Å². The molecule has 68 valence electrons. The highest BCUT2D eigenvalue weighted by Crippen LogP contribution is 1.96. The second-order valence-corrected chi connectivity index (χ2v) is 2.66. The lowest BCUT2D eigenvalue weighted by Crippen LogP contribution is -2.01. The molecule has 0 aliphatic carbocycles. The maximum absolute atomic E-state index is 5.21. The molecule has 1 rings (SSSR count). The zero-order chi connectivity index (χ0) is 8.81. The van der Waals surface area contributed by atoms with E-state index in [4.69, 9.17) is 4.74 Å². The number of rotatable bonds is 5. The summed E-state index contributed by atoms with van der Waals surface area (Å²) < 4.78 is 7.15. The minimum Gasteiger partial charge on any atom is -0.382 e. The molecule has 0 aliphatic rings. The largest absolute Gasteiger partial charge is 0.382 e. The number of nitrogens with zero attached hydrogens (tertiary/aromatic N) is 3. The van der Waals surface area contributed by atoms with E-state index in [1.165, 1.54) is 0 Å². The van der Waals surface area contributed by atoms with Crippen molar-refractivity contribution in [3.63, 3.8) is 0 Å². The number of hydrogen-bond donors (Lipinski definition) is 0. The van der Waals surface area contributed by atoms with E-state index < -0.39 is 0 Å². The molecule has 0 amide bonds. The molecule has 12 heavy (non-hydrogen) atoms. The summed E-state index contributed by atoms with van der Waals surface area (Å²) in [5.41, 5.74) is 0. The van der Waals surface area contributed by atoms with E-state index in [0.29, 0.717) is 0 Å². The molecule has 4 nitrogen and oxygen atoms in total. The lowest BCUT2D eigenvalue weighted by atomic mass is 10.3. The molecule has 1 heterocycles. The zero-order valence-electron chi connectivity index (χ0n) is 7.66. The molecule has 0 N–H and O–H groups in total. The SMILES string of the molecule is CCOCCCc1nncn1C. The molecule has 0 aliphatic heterocycles. The quantitative estimate of drug-likeness (QED) is 0.612. The molecule has 1 aromatic rings. The topological polar surface area (TPSA) is 39.9 Å². The van der Waals surface area contributed by atoms with Crippen LogP contribution in [-0.4, -0.2) is 28.0 Å². The van der Waals surface area contributed by atoms with Crippen LogP contribution >= 0.6 is 0 Å². The average molecular weight is 169 g/mol. The highest BCUT2D eigenvalue weighted by Gasteiger charge is 1.98. The minimum absolute atomic E-state index is 0.790. The average Bonchev–Trinajstić information content (AvgIpc) is 2.46. The van der Waals surface area contributed by atoms with Gasteiger partial charge in [0.25, 0.3) is 0 Å². The fraction of sp³-hybridized carbons (Fsp3) is 0.750. The molecule has 0 aromatic carbocycles. The van der Waals surface area contributed by atoms with Crippen LogP contribution in [0.1, 0.15) is 19.2 Å². The summed E-state index contributed by atoms with van der Waals surface area (Å²) in [5, 5.41) is 7.76. The lowest BCUT2D eigenvalue weighted by Gasteiger charge is -2.00. The third kappa shape index (κ3) is 2.62. The summed E-state index contributed by atoms with van der Waals surface area (Å²) in [5.74, 6) is 1.02. The molecule has 1 aromatic heterocycles. The standard InChI is InChI=1S/C8H15N3O/c1-3-12-6-4-5-8-10-9-7-11(8)2/h7H,3-6H2,1-2H3. The van der Waals surface area contributed by atoms with Gasteiger partial charge in [-0.1, -0.05) is 0 Å². The van der Waals surface area contributed by atoms with Crippen molar-refractivity contribution in [2.24, 2.45) is 7.05 Å². The van der Waals surface area contributed by atoms with Crippen molar-refractivity contribution >= 4 is 0 Å². The van der Waals surface area contributed by atoms with Crippen molar-refractivity contribution in [3.8, 4) is 0 Å². The van der Waals surface area contributed by atoms with Gasteiger partial charge in [0.2, 0.25) is 0 Å². The molecule has 0 bridgehead atoms.